The monoisotopic (exact) mass is 239 g/mol. The van der Waals surface area contributed by atoms with Crippen molar-refractivity contribution < 1.29 is 9.53 Å². The number of carbonyl (C=O) groups is 1. The van der Waals surface area contributed by atoms with E-state index in [4.69, 9.17) is 10.5 Å². The Morgan fingerprint density at radius 2 is 1.94 bits per heavy atom. The van der Waals surface area contributed by atoms with Crippen LogP contribution >= 0.6 is 0 Å². The van der Waals surface area contributed by atoms with Gasteiger partial charge in [0, 0.05) is 22.6 Å². The van der Waals surface area contributed by atoms with E-state index in [1.165, 1.54) is 0 Å². The van der Waals surface area contributed by atoms with Gasteiger partial charge >= 0.3 is 5.97 Å². The summed E-state index contributed by atoms with van der Waals surface area (Å²) in [4.78, 5) is 11.2. The fourth-order valence-corrected chi connectivity index (χ4v) is 1.72. The Morgan fingerprint density at radius 3 is 2.67 bits per heavy atom. The van der Waals surface area contributed by atoms with Crippen molar-refractivity contribution in [1.29, 1.82) is 0 Å². The Bertz CT molecular complexity index is 650. The maximum Gasteiger partial charge on any atom is 0.384 e. The van der Waals surface area contributed by atoms with E-state index in [9.17, 15) is 4.79 Å². The second-order valence-corrected chi connectivity index (χ2v) is 3.72. The van der Waals surface area contributed by atoms with E-state index in [1.807, 2.05) is 30.3 Å². The first kappa shape index (κ1) is 12.0. The van der Waals surface area contributed by atoms with Gasteiger partial charge in [-0.15, -0.1) is 0 Å². The molecule has 2 N–H and O–H groups in total. The standard InChI is InChI=1S/C15H13NO2/c1-2-18-15(17)10-8-11-7-9-14(16)13-6-4-3-5-12(11)13/h3-7,9H,2,16H2,1H3. The number of benzene rings is 2. The Morgan fingerprint density at radius 1 is 1.22 bits per heavy atom. The smallest absolute Gasteiger partial charge is 0.384 e. The van der Waals surface area contributed by atoms with Gasteiger partial charge in [-0.3, -0.25) is 0 Å². The normalized spacial score (nSPS) is 9.61. The molecule has 18 heavy (non-hydrogen) atoms. The Balaban J connectivity index is 2.46. The number of carbonyl (C=O) groups excluding carboxylic acids is 1. The molecule has 0 aromatic heterocycles. The minimum atomic E-state index is -0.515. The van der Waals surface area contributed by atoms with Gasteiger partial charge in [-0.25, -0.2) is 4.79 Å². The van der Waals surface area contributed by atoms with Crippen LogP contribution in [0.5, 0.6) is 0 Å². The average molecular weight is 239 g/mol. The number of nitrogen functional groups attached to an aromatic ring is 1. The average Bonchev–Trinajstić information content (AvgIpc) is 2.39. The number of hydrogen-bond donors (Lipinski definition) is 1. The van der Waals surface area contributed by atoms with E-state index in [0.717, 1.165) is 16.3 Å². The highest BCUT2D eigenvalue weighted by Gasteiger charge is 2.01. The quantitative estimate of drug-likeness (QED) is 0.472. The second kappa shape index (κ2) is 5.24. The third-order valence-corrected chi connectivity index (χ3v) is 2.53. The van der Waals surface area contributed by atoms with Crippen LogP contribution in [0.25, 0.3) is 10.8 Å². The van der Waals surface area contributed by atoms with Gasteiger partial charge in [0.25, 0.3) is 0 Å². The minimum Gasteiger partial charge on any atom is -0.456 e. The lowest BCUT2D eigenvalue weighted by atomic mass is 10.0. The van der Waals surface area contributed by atoms with Crippen molar-refractivity contribution in [2.45, 2.75) is 6.92 Å². The molecule has 0 aliphatic heterocycles. The largest absolute Gasteiger partial charge is 0.456 e. The molecule has 3 nitrogen and oxygen atoms in total. The van der Waals surface area contributed by atoms with Crippen molar-refractivity contribution in [2.75, 3.05) is 12.3 Å². The van der Waals surface area contributed by atoms with Crippen molar-refractivity contribution >= 4 is 22.4 Å². The summed E-state index contributed by atoms with van der Waals surface area (Å²) in [5, 5.41) is 1.88. The van der Waals surface area contributed by atoms with Crippen molar-refractivity contribution in [3.05, 3.63) is 42.0 Å². The van der Waals surface area contributed by atoms with Gasteiger partial charge < -0.3 is 10.5 Å². The zero-order valence-electron chi connectivity index (χ0n) is 10.1. The lowest BCUT2D eigenvalue weighted by Crippen LogP contribution is -1.99. The molecule has 90 valence electrons. The predicted molar refractivity (Wildman–Crippen MR) is 71.9 cm³/mol. The molecule has 3 heteroatoms. The molecule has 0 amide bonds. The minimum absolute atomic E-state index is 0.329. The zero-order chi connectivity index (χ0) is 13.0. The lowest BCUT2D eigenvalue weighted by molar-refractivity contribution is -0.136. The van der Waals surface area contributed by atoms with E-state index in [1.54, 1.807) is 13.0 Å². The van der Waals surface area contributed by atoms with Gasteiger partial charge in [-0.05, 0) is 24.4 Å². The molecular formula is C15H13NO2. The highest BCUT2D eigenvalue weighted by atomic mass is 16.5. The van der Waals surface area contributed by atoms with E-state index in [-0.39, 0.29) is 0 Å². The van der Waals surface area contributed by atoms with Crippen molar-refractivity contribution in [1.82, 2.24) is 0 Å². The van der Waals surface area contributed by atoms with Gasteiger partial charge in [-0.2, -0.15) is 0 Å². The van der Waals surface area contributed by atoms with Crippen molar-refractivity contribution in [2.24, 2.45) is 0 Å². The van der Waals surface area contributed by atoms with Gasteiger partial charge in [0.15, 0.2) is 0 Å². The number of hydrogen-bond acceptors (Lipinski definition) is 3. The lowest BCUT2D eigenvalue weighted by Gasteiger charge is -2.03. The van der Waals surface area contributed by atoms with E-state index >= 15 is 0 Å². The van der Waals surface area contributed by atoms with Crippen LogP contribution in [0.3, 0.4) is 0 Å². The molecule has 0 spiro atoms. The van der Waals surface area contributed by atoms with Crippen molar-refractivity contribution in [3.63, 3.8) is 0 Å². The summed E-state index contributed by atoms with van der Waals surface area (Å²) >= 11 is 0. The molecule has 2 aromatic carbocycles. The molecule has 0 unspecified atom stereocenters. The van der Waals surface area contributed by atoms with Crippen LogP contribution in [0.15, 0.2) is 36.4 Å². The van der Waals surface area contributed by atoms with Crippen LogP contribution < -0.4 is 5.73 Å². The van der Waals surface area contributed by atoms with Crippen LogP contribution in [0.4, 0.5) is 5.69 Å². The molecular weight excluding hydrogens is 226 g/mol. The molecule has 0 fully saturated rings. The van der Waals surface area contributed by atoms with Gasteiger partial charge in [0.2, 0.25) is 0 Å². The van der Waals surface area contributed by atoms with E-state index in [2.05, 4.69) is 11.8 Å². The molecule has 0 radical (unpaired) electrons. The number of rotatable bonds is 1. The molecule has 0 aliphatic rings. The summed E-state index contributed by atoms with van der Waals surface area (Å²) in [7, 11) is 0. The maximum absolute atomic E-state index is 11.2. The molecule has 0 atom stereocenters. The van der Waals surface area contributed by atoms with Crippen LogP contribution in [0, 0.1) is 11.8 Å². The van der Waals surface area contributed by atoms with E-state index < -0.39 is 5.97 Å². The van der Waals surface area contributed by atoms with Crippen LogP contribution in [-0.2, 0) is 9.53 Å². The molecule has 0 heterocycles. The molecule has 0 aliphatic carbocycles. The molecule has 0 saturated heterocycles. The number of nitrogens with two attached hydrogens (primary N) is 1. The summed E-state index contributed by atoms with van der Waals surface area (Å²) in [6.07, 6.45) is 0. The molecule has 0 bridgehead atoms. The summed E-state index contributed by atoms with van der Waals surface area (Å²) in [6.45, 7) is 2.08. The summed E-state index contributed by atoms with van der Waals surface area (Å²) < 4.78 is 4.76. The molecule has 0 saturated carbocycles. The molecule has 2 rings (SSSR count). The van der Waals surface area contributed by atoms with Gasteiger partial charge in [-0.1, -0.05) is 30.2 Å². The first-order chi connectivity index (χ1) is 8.72. The zero-order valence-corrected chi connectivity index (χ0v) is 10.1. The SMILES string of the molecule is CCOC(=O)C#Cc1ccc(N)c2ccccc12. The Labute approximate surface area is 106 Å². The highest BCUT2D eigenvalue weighted by Crippen LogP contribution is 2.23. The van der Waals surface area contributed by atoms with Crippen LogP contribution in [0.2, 0.25) is 0 Å². The molecule has 2 aromatic rings. The summed E-state index contributed by atoms with van der Waals surface area (Å²) in [6, 6.07) is 11.3. The third-order valence-electron chi connectivity index (χ3n) is 2.53. The topological polar surface area (TPSA) is 52.3 Å². The van der Waals surface area contributed by atoms with Gasteiger partial charge in [0.05, 0.1) is 6.61 Å². The summed E-state index contributed by atoms with van der Waals surface area (Å²) in [5.74, 6) is 4.76. The highest BCUT2D eigenvalue weighted by molar-refractivity contribution is 5.98. The predicted octanol–water partition coefficient (Wildman–Crippen LogP) is 2.34. The number of esters is 1. The van der Waals surface area contributed by atoms with E-state index in [0.29, 0.717) is 12.3 Å². The number of anilines is 1. The Kier molecular flexibility index (Phi) is 3.49. The maximum atomic E-state index is 11.2. The van der Waals surface area contributed by atoms with Crippen LogP contribution in [-0.4, -0.2) is 12.6 Å². The third kappa shape index (κ3) is 2.44. The first-order valence-electron chi connectivity index (χ1n) is 5.68. The van der Waals surface area contributed by atoms with Gasteiger partial charge in [0.1, 0.15) is 0 Å². The van der Waals surface area contributed by atoms with Crippen molar-refractivity contribution in [3.8, 4) is 11.8 Å². The fourth-order valence-electron chi connectivity index (χ4n) is 1.72. The fraction of sp³-hybridized carbons (Fsp3) is 0.133. The second-order valence-electron chi connectivity index (χ2n) is 3.72. The number of fused-ring (bicyclic) bond motifs is 1. The Hall–Kier alpha value is -2.47. The number of ether oxygens (including phenoxy) is 1. The summed E-state index contributed by atoms with van der Waals surface area (Å²) in [5.41, 5.74) is 7.36. The van der Waals surface area contributed by atoms with Crippen LogP contribution in [0.1, 0.15) is 12.5 Å². The first-order valence-corrected chi connectivity index (χ1v) is 5.68.